The highest BCUT2D eigenvalue weighted by atomic mass is 14.6. The van der Waals surface area contributed by atoms with Crippen molar-refractivity contribution in [1.82, 2.24) is 0 Å². The van der Waals surface area contributed by atoms with Gasteiger partial charge in [-0.05, 0) is 42.2 Å². The van der Waals surface area contributed by atoms with Gasteiger partial charge in [0.2, 0.25) is 0 Å². The number of nitrogens with two attached hydrogens (primary N) is 1. The fraction of sp³-hybridized carbons (Fsp3) is 0.286. The number of rotatable bonds is 2. The summed E-state index contributed by atoms with van der Waals surface area (Å²) in [5.74, 6) is 0. The average Bonchev–Trinajstić information content (AvgIpc) is 2.17. The van der Waals surface area contributed by atoms with Crippen molar-refractivity contribution in [1.29, 1.82) is 0 Å². The SMILES string of the molecule is Cc1cccc2cccc(CC(C)N)c12. The molecule has 0 aliphatic heterocycles. The second kappa shape index (κ2) is 4.03. The minimum absolute atomic E-state index is 0.218. The zero-order valence-corrected chi connectivity index (χ0v) is 9.33. The van der Waals surface area contributed by atoms with Crippen LogP contribution < -0.4 is 5.73 Å². The van der Waals surface area contributed by atoms with Crippen molar-refractivity contribution in [3.8, 4) is 0 Å². The average molecular weight is 199 g/mol. The highest BCUT2D eigenvalue weighted by molar-refractivity contribution is 5.88. The van der Waals surface area contributed by atoms with Gasteiger partial charge >= 0.3 is 0 Å². The van der Waals surface area contributed by atoms with Gasteiger partial charge in [-0.25, -0.2) is 0 Å². The summed E-state index contributed by atoms with van der Waals surface area (Å²) in [7, 11) is 0. The van der Waals surface area contributed by atoms with E-state index in [0.29, 0.717) is 0 Å². The molecule has 0 fully saturated rings. The van der Waals surface area contributed by atoms with E-state index < -0.39 is 0 Å². The van der Waals surface area contributed by atoms with Crippen LogP contribution in [0.2, 0.25) is 0 Å². The largest absolute Gasteiger partial charge is 0.328 e. The topological polar surface area (TPSA) is 26.0 Å². The first kappa shape index (κ1) is 10.2. The molecule has 0 aromatic heterocycles. The molecule has 0 aliphatic carbocycles. The predicted octanol–water partition coefficient (Wildman–Crippen LogP) is 3.04. The van der Waals surface area contributed by atoms with Crippen molar-refractivity contribution < 1.29 is 0 Å². The van der Waals surface area contributed by atoms with Crippen molar-refractivity contribution in [3.05, 3.63) is 47.5 Å². The first-order chi connectivity index (χ1) is 7.18. The Balaban J connectivity index is 2.63. The number of aryl methyl sites for hydroxylation is 1. The van der Waals surface area contributed by atoms with Crippen LogP contribution in [-0.2, 0) is 6.42 Å². The van der Waals surface area contributed by atoms with E-state index in [9.17, 15) is 0 Å². The summed E-state index contributed by atoms with van der Waals surface area (Å²) in [6.07, 6.45) is 0.947. The van der Waals surface area contributed by atoms with E-state index in [2.05, 4.69) is 50.2 Å². The predicted molar refractivity (Wildman–Crippen MR) is 66.0 cm³/mol. The fourth-order valence-corrected chi connectivity index (χ4v) is 2.14. The normalized spacial score (nSPS) is 13.0. The molecule has 1 atom stereocenters. The highest BCUT2D eigenvalue weighted by Crippen LogP contribution is 2.23. The van der Waals surface area contributed by atoms with Gasteiger partial charge in [-0.2, -0.15) is 0 Å². The Hall–Kier alpha value is -1.34. The minimum Gasteiger partial charge on any atom is -0.328 e. The van der Waals surface area contributed by atoms with Crippen LogP contribution in [0.3, 0.4) is 0 Å². The van der Waals surface area contributed by atoms with Crippen LogP contribution in [0.25, 0.3) is 10.8 Å². The van der Waals surface area contributed by atoms with Gasteiger partial charge in [-0.15, -0.1) is 0 Å². The van der Waals surface area contributed by atoms with Crippen molar-refractivity contribution >= 4 is 10.8 Å². The first-order valence-corrected chi connectivity index (χ1v) is 5.41. The maximum atomic E-state index is 5.87. The molecule has 78 valence electrons. The summed E-state index contributed by atoms with van der Waals surface area (Å²) in [6, 6.07) is 13.1. The zero-order chi connectivity index (χ0) is 10.8. The van der Waals surface area contributed by atoms with Gasteiger partial charge in [0.15, 0.2) is 0 Å². The van der Waals surface area contributed by atoms with Gasteiger partial charge < -0.3 is 5.73 Å². The number of hydrogen-bond acceptors (Lipinski definition) is 1. The molecule has 0 aliphatic rings. The van der Waals surface area contributed by atoms with Gasteiger partial charge in [-0.3, -0.25) is 0 Å². The summed E-state index contributed by atoms with van der Waals surface area (Å²) in [6.45, 7) is 4.21. The lowest BCUT2D eigenvalue weighted by atomic mass is 9.96. The molecule has 1 nitrogen and oxygen atoms in total. The second-order valence-corrected chi connectivity index (χ2v) is 4.27. The minimum atomic E-state index is 0.218. The van der Waals surface area contributed by atoms with E-state index in [1.807, 2.05) is 0 Å². The van der Waals surface area contributed by atoms with Crippen LogP contribution in [0.15, 0.2) is 36.4 Å². The van der Waals surface area contributed by atoms with E-state index in [1.54, 1.807) is 0 Å². The summed E-state index contributed by atoms with van der Waals surface area (Å²) < 4.78 is 0. The quantitative estimate of drug-likeness (QED) is 0.790. The molecule has 1 heteroatoms. The van der Waals surface area contributed by atoms with Gasteiger partial charge in [0, 0.05) is 6.04 Å². The number of fused-ring (bicyclic) bond motifs is 1. The van der Waals surface area contributed by atoms with Gasteiger partial charge in [-0.1, -0.05) is 36.4 Å². The molecule has 0 spiro atoms. The Morgan fingerprint density at radius 3 is 2.47 bits per heavy atom. The highest BCUT2D eigenvalue weighted by Gasteiger charge is 2.04. The zero-order valence-electron chi connectivity index (χ0n) is 9.33. The molecule has 0 saturated heterocycles. The lowest BCUT2D eigenvalue weighted by Gasteiger charge is -2.11. The second-order valence-electron chi connectivity index (χ2n) is 4.27. The molecule has 2 aromatic rings. The van der Waals surface area contributed by atoms with Crippen LogP contribution >= 0.6 is 0 Å². The summed E-state index contributed by atoms with van der Waals surface area (Å²) in [5, 5.41) is 2.69. The molecule has 2 rings (SSSR count). The third-order valence-corrected chi connectivity index (χ3v) is 2.74. The van der Waals surface area contributed by atoms with Crippen molar-refractivity contribution in [2.75, 3.05) is 0 Å². The monoisotopic (exact) mass is 199 g/mol. The van der Waals surface area contributed by atoms with Crippen LogP contribution in [-0.4, -0.2) is 6.04 Å². The molecule has 0 saturated carbocycles. The molecular weight excluding hydrogens is 182 g/mol. The van der Waals surface area contributed by atoms with E-state index in [0.717, 1.165) is 6.42 Å². The Morgan fingerprint density at radius 2 is 1.80 bits per heavy atom. The van der Waals surface area contributed by atoms with E-state index in [4.69, 9.17) is 5.73 Å². The number of benzene rings is 2. The Bertz CT molecular complexity index is 466. The maximum absolute atomic E-state index is 5.87. The summed E-state index contributed by atoms with van der Waals surface area (Å²) in [4.78, 5) is 0. The van der Waals surface area contributed by atoms with Crippen molar-refractivity contribution in [3.63, 3.8) is 0 Å². The van der Waals surface area contributed by atoms with E-state index in [-0.39, 0.29) is 6.04 Å². The molecule has 0 radical (unpaired) electrons. The van der Waals surface area contributed by atoms with Crippen molar-refractivity contribution in [2.45, 2.75) is 26.3 Å². The third kappa shape index (κ3) is 2.02. The smallest absolute Gasteiger partial charge is 0.00511 e. The van der Waals surface area contributed by atoms with Crippen LogP contribution in [0.4, 0.5) is 0 Å². The van der Waals surface area contributed by atoms with E-state index in [1.165, 1.54) is 21.9 Å². The molecule has 0 amide bonds. The molecule has 0 heterocycles. The molecule has 2 N–H and O–H groups in total. The maximum Gasteiger partial charge on any atom is 0.00511 e. The lowest BCUT2D eigenvalue weighted by Crippen LogP contribution is -2.17. The van der Waals surface area contributed by atoms with Gasteiger partial charge in [0.1, 0.15) is 0 Å². The Labute approximate surface area is 90.9 Å². The van der Waals surface area contributed by atoms with Crippen LogP contribution in [0.5, 0.6) is 0 Å². The van der Waals surface area contributed by atoms with Crippen molar-refractivity contribution in [2.24, 2.45) is 5.73 Å². The molecule has 0 bridgehead atoms. The van der Waals surface area contributed by atoms with Crippen LogP contribution in [0, 0.1) is 6.92 Å². The van der Waals surface area contributed by atoms with Crippen LogP contribution in [0.1, 0.15) is 18.1 Å². The first-order valence-electron chi connectivity index (χ1n) is 5.41. The Morgan fingerprint density at radius 1 is 1.13 bits per heavy atom. The summed E-state index contributed by atoms with van der Waals surface area (Å²) in [5.41, 5.74) is 8.56. The fourth-order valence-electron chi connectivity index (χ4n) is 2.14. The standard InChI is InChI=1S/C14H17N/c1-10-5-3-6-12-7-4-8-13(14(10)12)9-11(2)15/h3-8,11H,9,15H2,1-2H3. The third-order valence-electron chi connectivity index (χ3n) is 2.74. The molecular formula is C14H17N. The summed E-state index contributed by atoms with van der Waals surface area (Å²) >= 11 is 0. The lowest BCUT2D eigenvalue weighted by molar-refractivity contribution is 0.741. The van der Waals surface area contributed by atoms with Gasteiger partial charge in [0.25, 0.3) is 0 Å². The van der Waals surface area contributed by atoms with Gasteiger partial charge in [0.05, 0.1) is 0 Å². The molecule has 15 heavy (non-hydrogen) atoms. The Kier molecular flexibility index (Phi) is 2.74. The molecule has 2 aromatic carbocycles. The number of hydrogen-bond donors (Lipinski definition) is 1. The van der Waals surface area contributed by atoms with E-state index >= 15 is 0 Å². The molecule has 1 unspecified atom stereocenters.